The van der Waals surface area contributed by atoms with E-state index in [2.05, 4.69) is 5.10 Å². The molecule has 0 aliphatic rings. The monoisotopic (exact) mass is 458 g/mol. The van der Waals surface area contributed by atoms with Crippen molar-refractivity contribution in [1.29, 1.82) is 0 Å². The van der Waals surface area contributed by atoms with Gasteiger partial charge in [0.25, 0.3) is 0 Å². The molecule has 0 saturated carbocycles. The normalized spacial score (nSPS) is 12.9. The number of sulfone groups is 1. The lowest BCUT2D eigenvalue weighted by Gasteiger charge is -2.22. The Morgan fingerprint density at radius 3 is 1.87 bits per heavy atom. The Morgan fingerprint density at radius 1 is 0.903 bits per heavy atom. The van der Waals surface area contributed by atoms with E-state index in [1.807, 2.05) is 0 Å². The molecule has 0 spiro atoms. The highest BCUT2D eigenvalue weighted by Crippen LogP contribution is 2.49. The molecule has 4 nitrogen and oxygen atoms in total. The Bertz CT molecular complexity index is 1200. The van der Waals surface area contributed by atoms with Crippen LogP contribution in [0.1, 0.15) is 18.2 Å². The van der Waals surface area contributed by atoms with Gasteiger partial charge in [-0.25, -0.2) is 8.42 Å². The van der Waals surface area contributed by atoms with Crippen LogP contribution in [-0.2, 0) is 22.3 Å². The molecular formula is C21H19F5N2O2S. The summed E-state index contributed by atoms with van der Waals surface area (Å²) in [5.74, 6) is -5.15. The predicted molar refractivity (Wildman–Crippen MR) is 107 cm³/mol. The fraction of sp³-hybridized carbons (Fsp3) is 0.286. The third kappa shape index (κ3) is 4.21. The van der Waals surface area contributed by atoms with E-state index in [1.54, 1.807) is 19.1 Å². The standard InChI is InChI=1S/C21H19F5N2O2S/c1-4-28-19(20(22,23)21(24,25)26)17(14-7-5-13(2)6-8-14)18(27-28)15-9-11-16(12-10-15)31(3,29)30/h5-12H,4H2,1-3H3. The molecule has 31 heavy (non-hydrogen) atoms. The topological polar surface area (TPSA) is 52.0 Å². The van der Waals surface area contributed by atoms with E-state index in [1.165, 1.54) is 43.3 Å². The number of aryl methyl sites for hydroxylation is 2. The molecule has 0 N–H and O–H groups in total. The zero-order valence-electron chi connectivity index (χ0n) is 16.8. The molecule has 166 valence electrons. The van der Waals surface area contributed by atoms with Crippen LogP contribution in [0.25, 0.3) is 22.4 Å². The van der Waals surface area contributed by atoms with E-state index < -0.39 is 27.6 Å². The summed E-state index contributed by atoms with van der Waals surface area (Å²) >= 11 is 0. The fourth-order valence-electron chi connectivity index (χ4n) is 3.20. The molecule has 1 heterocycles. The average Bonchev–Trinajstić information content (AvgIpc) is 3.07. The number of alkyl halides is 5. The van der Waals surface area contributed by atoms with Crippen LogP contribution in [0, 0.1) is 6.92 Å². The molecule has 0 aliphatic heterocycles. The summed E-state index contributed by atoms with van der Waals surface area (Å²) in [6.07, 6.45) is -4.82. The van der Waals surface area contributed by atoms with Gasteiger partial charge in [0, 0.05) is 23.9 Å². The van der Waals surface area contributed by atoms with Crippen LogP contribution in [0.4, 0.5) is 22.0 Å². The summed E-state index contributed by atoms with van der Waals surface area (Å²) < 4.78 is 93.3. The van der Waals surface area contributed by atoms with Crippen LogP contribution >= 0.6 is 0 Å². The number of hydrogen-bond donors (Lipinski definition) is 0. The van der Waals surface area contributed by atoms with Gasteiger partial charge in [0.2, 0.25) is 0 Å². The predicted octanol–water partition coefficient (Wildman–Crippen LogP) is 5.60. The van der Waals surface area contributed by atoms with Gasteiger partial charge in [-0.3, -0.25) is 4.68 Å². The van der Waals surface area contributed by atoms with Crippen molar-refractivity contribution in [3.8, 4) is 22.4 Å². The highest BCUT2D eigenvalue weighted by Gasteiger charge is 2.62. The second-order valence-corrected chi connectivity index (χ2v) is 9.14. The SMILES string of the molecule is CCn1nc(-c2ccc(S(C)(=O)=O)cc2)c(-c2ccc(C)cc2)c1C(F)(F)C(F)(F)F. The van der Waals surface area contributed by atoms with Gasteiger partial charge in [-0.15, -0.1) is 0 Å². The van der Waals surface area contributed by atoms with Crippen molar-refractivity contribution in [1.82, 2.24) is 9.78 Å². The number of nitrogens with zero attached hydrogens (tertiary/aromatic N) is 2. The Balaban J connectivity index is 2.36. The first-order valence-electron chi connectivity index (χ1n) is 9.20. The maximum absolute atomic E-state index is 14.6. The fourth-order valence-corrected chi connectivity index (χ4v) is 3.83. The highest BCUT2D eigenvalue weighted by molar-refractivity contribution is 7.90. The van der Waals surface area contributed by atoms with Gasteiger partial charge in [0.05, 0.1) is 4.90 Å². The number of rotatable bonds is 5. The number of halogens is 5. The molecule has 0 amide bonds. The minimum atomic E-state index is -5.82. The summed E-state index contributed by atoms with van der Waals surface area (Å²) in [4.78, 5) is -0.0103. The molecular weight excluding hydrogens is 439 g/mol. The van der Waals surface area contributed by atoms with Crippen molar-refractivity contribution in [3.63, 3.8) is 0 Å². The lowest BCUT2D eigenvalue weighted by atomic mass is 9.95. The van der Waals surface area contributed by atoms with Crippen LogP contribution in [0.2, 0.25) is 0 Å². The van der Waals surface area contributed by atoms with Gasteiger partial charge < -0.3 is 0 Å². The molecule has 0 saturated heterocycles. The van der Waals surface area contributed by atoms with Gasteiger partial charge in [0.15, 0.2) is 9.84 Å². The molecule has 0 radical (unpaired) electrons. The van der Waals surface area contributed by atoms with E-state index in [9.17, 15) is 30.4 Å². The van der Waals surface area contributed by atoms with Crippen molar-refractivity contribution >= 4 is 9.84 Å². The molecule has 0 fully saturated rings. The molecule has 2 aromatic carbocycles. The maximum atomic E-state index is 14.6. The van der Waals surface area contributed by atoms with Gasteiger partial charge in [0.1, 0.15) is 11.4 Å². The minimum absolute atomic E-state index is 0.0103. The van der Waals surface area contributed by atoms with Gasteiger partial charge >= 0.3 is 12.1 Å². The van der Waals surface area contributed by atoms with Crippen molar-refractivity contribution in [2.45, 2.75) is 37.4 Å². The molecule has 0 unspecified atom stereocenters. The Hall–Kier alpha value is -2.75. The average molecular weight is 458 g/mol. The first-order valence-corrected chi connectivity index (χ1v) is 11.1. The molecule has 0 atom stereocenters. The van der Waals surface area contributed by atoms with Crippen LogP contribution in [0.15, 0.2) is 53.4 Å². The quantitative estimate of drug-likeness (QED) is 0.468. The number of hydrogen-bond acceptors (Lipinski definition) is 3. The lowest BCUT2D eigenvalue weighted by molar-refractivity contribution is -0.291. The minimum Gasteiger partial charge on any atom is -0.262 e. The third-order valence-corrected chi connectivity index (χ3v) is 5.93. The van der Waals surface area contributed by atoms with E-state index in [0.717, 1.165) is 11.8 Å². The van der Waals surface area contributed by atoms with Crippen LogP contribution < -0.4 is 0 Å². The van der Waals surface area contributed by atoms with E-state index in [0.29, 0.717) is 4.68 Å². The molecule has 3 aromatic rings. The van der Waals surface area contributed by atoms with E-state index in [-0.39, 0.29) is 33.8 Å². The zero-order valence-corrected chi connectivity index (χ0v) is 17.7. The van der Waals surface area contributed by atoms with Crippen molar-refractivity contribution in [2.24, 2.45) is 0 Å². The molecule has 1 aromatic heterocycles. The van der Waals surface area contributed by atoms with Crippen molar-refractivity contribution in [2.75, 3.05) is 6.26 Å². The lowest BCUT2D eigenvalue weighted by Crippen LogP contribution is -2.36. The first kappa shape index (κ1) is 22.9. The third-order valence-electron chi connectivity index (χ3n) is 4.80. The second kappa shape index (κ2) is 7.74. The smallest absolute Gasteiger partial charge is 0.262 e. The van der Waals surface area contributed by atoms with E-state index >= 15 is 0 Å². The van der Waals surface area contributed by atoms with Crippen molar-refractivity contribution in [3.05, 3.63) is 59.8 Å². The summed E-state index contributed by atoms with van der Waals surface area (Å²) in [6.45, 7) is 2.95. The van der Waals surface area contributed by atoms with Gasteiger partial charge in [-0.1, -0.05) is 42.0 Å². The number of aromatic nitrogens is 2. The molecule has 0 bridgehead atoms. The van der Waals surface area contributed by atoms with E-state index in [4.69, 9.17) is 0 Å². The van der Waals surface area contributed by atoms with Gasteiger partial charge in [-0.05, 0) is 31.5 Å². The Morgan fingerprint density at radius 2 is 1.42 bits per heavy atom. The Kier molecular flexibility index (Phi) is 5.72. The molecule has 0 aliphatic carbocycles. The summed E-state index contributed by atoms with van der Waals surface area (Å²) in [5.41, 5.74) is -0.537. The molecule has 3 rings (SSSR count). The molecule has 10 heteroatoms. The summed E-state index contributed by atoms with van der Waals surface area (Å²) in [6, 6.07) is 11.3. The van der Waals surface area contributed by atoms with Crippen LogP contribution in [-0.4, -0.2) is 30.6 Å². The number of benzene rings is 2. The zero-order chi connectivity index (χ0) is 23.2. The van der Waals surface area contributed by atoms with Crippen molar-refractivity contribution < 1.29 is 30.4 Å². The van der Waals surface area contributed by atoms with Crippen LogP contribution in [0.3, 0.4) is 0 Å². The first-order chi connectivity index (χ1) is 14.3. The second-order valence-electron chi connectivity index (χ2n) is 7.12. The van der Waals surface area contributed by atoms with Gasteiger partial charge in [-0.2, -0.15) is 27.1 Å². The van der Waals surface area contributed by atoms with Crippen LogP contribution in [0.5, 0.6) is 0 Å². The summed E-state index contributed by atoms with van der Waals surface area (Å²) in [5, 5.41) is 4.06. The highest BCUT2D eigenvalue weighted by atomic mass is 32.2. The summed E-state index contributed by atoms with van der Waals surface area (Å²) in [7, 11) is -3.51. The largest absolute Gasteiger partial charge is 0.459 e. The maximum Gasteiger partial charge on any atom is 0.459 e. The Labute approximate surface area is 176 Å².